The molecule has 25 heavy (non-hydrogen) atoms. The quantitative estimate of drug-likeness (QED) is 0.925. The Morgan fingerprint density at radius 1 is 1.44 bits per heavy atom. The predicted molar refractivity (Wildman–Crippen MR) is 94.7 cm³/mol. The number of hydrogen-bond donors (Lipinski definition) is 1. The van der Waals surface area contributed by atoms with Gasteiger partial charge in [0, 0.05) is 32.2 Å². The van der Waals surface area contributed by atoms with Crippen molar-refractivity contribution < 1.29 is 14.3 Å². The number of fused-ring (bicyclic) bond motifs is 1. The highest BCUT2D eigenvalue weighted by Gasteiger charge is 2.26. The van der Waals surface area contributed by atoms with E-state index in [0.717, 1.165) is 17.0 Å². The highest BCUT2D eigenvalue weighted by Crippen LogP contribution is 2.25. The average Bonchev–Trinajstić information content (AvgIpc) is 2.85. The Kier molecular flexibility index (Phi) is 5.23. The number of nitrogens with zero attached hydrogens (tertiary/aromatic N) is 3. The molecule has 2 amide bonds. The second-order valence-electron chi connectivity index (χ2n) is 6.21. The molecule has 3 rings (SSSR count). The van der Waals surface area contributed by atoms with Crippen molar-refractivity contribution in [1.82, 2.24) is 14.7 Å². The molecular weight excluding hydrogens is 320 g/mol. The van der Waals surface area contributed by atoms with Crippen molar-refractivity contribution in [3.63, 3.8) is 0 Å². The number of amides is 2. The van der Waals surface area contributed by atoms with Gasteiger partial charge < -0.3 is 14.4 Å². The normalized spacial score (nSPS) is 16.8. The van der Waals surface area contributed by atoms with Crippen LogP contribution in [-0.2, 0) is 24.8 Å². The Hall–Kier alpha value is -2.54. The molecule has 0 saturated carbocycles. The molecule has 0 fully saturated rings. The molecule has 2 heterocycles. The van der Waals surface area contributed by atoms with Crippen molar-refractivity contribution in [3.8, 4) is 5.75 Å². The lowest BCUT2D eigenvalue weighted by Gasteiger charge is -2.26. The lowest BCUT2D eigenvalue weighted by atomic mass is 10.2. The number of para-hydroxylation sites is 1. The number of anilines is 1. The molecule has 1 aromatic carbocycles. The van der Waals surface area contributed by atoms with Crippen molar-refractivity contribution in [2.24, 2.45) is 7.05 Å². The van der Waals surface area contributed by atoms with Gasteiger partial charge in [0.2, 0.25) is 0 Å². The van der Waals surface area contributed by atoms with E-state index in [1.807, 2.05) is 44.3 Å². The lowest BCUT2D eigenvalue weighted by Crippen LogP contribution is -2.42. The summed E-state index contributed by atoms with van der Waals surface area (Å²) in [6.07, 6.45) is 0.710. The largest absolute Gasteiger partial charge is 0.491 e. The van der Waals surface area contributed by atoms with Gasteiger partial charge in [0.15, 0.2) is 0 Å². The van der Waals surface area contributed by atoms with E-state index in [0.29, 0.717) is 32.0 Å². The maximum atomic E-state index is 12.8. The van der Waals surface area contributed by atoms with Crippen molar-refractivity contribution in [2.75, 3.05) is 25.6 Å². The fraction of sp³-hybridized carbons (Fsp3) is 0.444. The van der Waals surface area contributed by atoms with E-state index in [9.17, 15) is 4.79 Å². The first-order valence-electron chi connectivity index (χ1n) is 8.38. The molecule has 1 unspecified atom stereocenters. The molecule has 0 saturated heterocycles. The van der Waals surface area contributed by atoms with E-state index in [-0.39, 0.29) is 12.1 Å². The van der Waals surface area contributed by atoms with Crippen LogP contribution in [0.25, 0.3) is 0 Å². The van der Waals surface area contributed by atoms with Gasteiger partial charge in [-0.3, -0.25) is 10.00 Å². The molecule has 1 N–H and O–H groups in total. The lowest BCUT2D eigenvalue weighted by molar-refractivity contribution is 0.167. The summed E-state index contributed by atoms with van der Waals surface area (Å²) in [5.74, 6) is 1.51. The summed E-state index contributed by atoms with van der Waals surface area (Å²) in [5.41, 5.74) is 1.89. The molecule has 1 atom stereocenters. The highest BCUT2D eigenvalue weighted by atomic mass is 16.5. The van der Waals surface area contributed by atoms with Crippen molar-refractivity contribution in [1.29, 1.82) is 0 Å². The first-order valence-corrected chi connectivity index (χ1v) is 8.38. The molecule has 1 aliphatic rings. The minimum atomic E-state index is -0.158. The summed E-state index contributed by atoms with van der Waals surface area (Å²) < 4.78 is 12.6. The Bertz CT molecular complexity index is 744. The van der Waals surface area contributed by atoms with Gasteiger partial charge in [0.1, 0.15) is 18.2 Å². The summed E-state index contributed by atoms with van der Waals surface area (Å²) in [6, 6.07) is 9.51. The maximum absolute atomic E-state index is 12.8. The zero-order valence-corrected chi connectivity index (χ0v) is 14.9. The zero-order chi connectivity index (χ0) is 17.8. The van der Waals surface area contributed by atoms with Crippen LogP contribution in [0.1, 0.15) is 18.2 Å². The van der Waals surface area contributed by atoms with E-state index >= 15 is 0 Å². The minimum Gasteiger partial charge on any atom is -0.491 e. The van der Waals surface area contributed by atoms with Crippen LogP contribution >= 0.6 is 0 Å². The molecular formula is C18H24N4O3. The fourth-order valence-corrected chi connectivity index (χ4v) is 2.84. The first-order chi connectivity index (χ1) is 12.1. The topological polar surface area (TPSA) is 68.6 Å². The predicted octanol–water partition coefficient (Wildman–Crippen LogP) is 2.42. The van der Waals surface area contributed by atoms with Gasteiger partial charge in [-0.15, -0.1) is 0 Å². The third kappa shape index (κ3) is 3.93. The van der Waals surface area contributed by atoms with Crippen LogP contribution in [0.4, 0.5) is 10.6 Å². The summed E-state index contributed by atoms with van der Waals surface area (Å²) in [6.45, 7) is 3.56. The fourth-order valence-electron chi connectivity index (χ4n) is 2.84. The molecule has 1 aromatic heterocycles. The number of nitrogens with one attached hydrogen (secondary N) is 1. The van der Waals surface area contributed by atoms with Gasteiger partial charge >= 0.3 is 6.03 Å². The third-order valence-electron chi connectivity index (χ3n) is 4.31. The van der Waals surface area contributed by atoms with Crippen LogP contribution in [0.5, 0.6) is 5.75 Å². The number of rotatable bonds is 4. The van der Waals surface area contributed by atoms with Crippen molar-refractivity contribution in [3.05, 3.63) is 41.6 Å². The van der Waals surface area contributed by atoms with Crippen LogP contribution in [0.2, 0.25) is 0 Å². The third-order valence-corrected chi connectivity index (χ3v) is 4.31. The summed E-state index contributed by atoms with van der Waals surface area (Å²) >= 11 is 0. The Balaban J connectivity index is 1.73. The zero-order valence-electron chi connectivity index (χ0n) is 14.9. The number of aromatic nitrogens is 2. The van der Waals surface area contributed by atoms with Crippen LogP contribution in [0.3, 0.4) is 0 Å². The maximum Gasteiger partial charge on any atom is 0.323 e. The van der Waals surface area contributed by atoms with Gasteiger partial charge in [-0.1, -0.05) is 18.2 Å². The number of carbonyl (C=O) groups excluding carboxylic acids is 1. The van der Waals surface area contributed by atoms with Gasteiger partial charge in [0.25, 0.3) is 0 Å². The monoisotopic (exact) mass is 344 g/mol. The minimum absolute atomic E-state index is 0.0337. The van der Waals surface area contributed by atoms with Crippen LogP contribution in [0, 0.1) is 0 Å². The van der Waals surface area contributed by atoms with Crippen molar-refractivity contribution >= 4 is 11.8 Å². The van der Waals surface area contributed by atoms with Crippen LogP contribution in [-0.4, -0.2) is 47.1 Å². The molecule has 0 spiro atoms. The van der Waals surface area contributed by atoms with Crippen LogP contribution in [0.15, 0.2) is 30.3 Å². The van der Waals surface area contributed by atoms with Gasteiger partial charge in [-0.05, 0) is 13.0 Å². The molecule has 7 nitrogen and oxygen atoms in total. The highest BCUT2D eigenvalue weighted by molar-refractivity contribution is 5.88. The number of benzene rings is 1. The van der Waals surface area contributed by atoms with E-state index < -0.39 is 0 Å². The number of urea groups is 1. The van der Waals surface area contributed by atoms with E-state index in [1.165, 1.54) is 0 Å². The average molecular weight is 344 g/mol. The van der Waals surface area contributed by atoms with E-state index in [4.69, 9.17) is 9.47 Å². The first kappa shape index (κ1) is 17.3. The van der Waals surface area contributed by atoms with Gasteiger partial charge in [-0.25, -0.2) is 4.79 Å². The Morgan fingerprint density at radius 3 is 3.04 bits per heavy atom. The number of ether oxygens (including phenoxy) is 2. The van der Waals surface area contributed by atoms with Crippen molar-refractivity contribution in [2.45, 2.75) is 25.9 Å². The van der Waals surface area contributed by atoms with Crippen LogP contribution < -0.4 is 10.1 Å². The summed E-state index contributed by atoms with van der Waals surface area (Å²) in [4.78, 5) is 14.6. The summed E-state index contributed by atoms with van der Waals surface area (Å²) in [5, 5.41) is 7.36. The molecule has 0 aliphatic carbocycles. The molecule has 0 radical (unpaired) electrons. The number of carbonyl (C=O) groups is 1. The van der Waals surface area contributed by atoms with E-state index in [2.05, 4.69) is 10.4 Å². The number of hydrogen-bond acceptors (Lipinski definition) is 4. The standard InChI is InChI=1S/C18H24N4O3/c1-13-12-25-16-7-5-4-6-14(16)11-22(13)18(23)19-17-10-15(8-9-24-3)20-21(17)2/h4-7,10,13H,8-9,11-12H2,1-3H3,(H,19,23). The molecule has 0 bridgehead atoms. The molecule has 1 aliphatic heterocycles. The van der Waals surface area contributed by atoms with E-state index in [1.54, 1.807) is 16.7 Å². The number of methoxy groups -OCH3 is 1. The Labute approximate surface area is 147 Å². The number of aryl methyl sites for hydroxylation is 1. The molecule has 134 valence electrons. The SMILES string of the molecule is COCCc1cc(NC(=O)N2Cc3ccccc3OCC2C)n(C)n1. The smallest absolute Gasteiger partial charge is 0.323 e. The summed E-state index contributed by atoms with van der Waals surface area (Å²) in [7, 11) is 3.47. The Morgan fingerprint density at radius 2 is 2.24 bits per heavy atom. The second-order valence-corrected chi connectivity index (χ2v) is 6.21. The van der Waals surface area contributed by atoms with Gasteiger partial charge in [0.05, 0.1) is 24.9 Å². The van der Waals surface area contributed by atoms with Gasteiger partial charge in [-0.2, -0.15) is 5.10 Å². The molecule has 7 heteroatoms. The molecule has 2 aromatic rings. The second kappa shape index (κ2) is 7.57.